The minimum atomic E-state index is -3.83. The maximum Gasteiger partial charge on any atom is 0.251 e. The van der Waals surface area contributed by atoms with Crippen LogP contribution in [0.15, 0.2) is 35.4 Å². The Morgan fingerprint density at radius 1 is 1.40 bits per heavy atom. The average Bonchev–Trinajstić information content (AvgIpc) is 2.91. The van der Waals surface area contributed by atoms with Crippen molar-refractivity contribution in [2.75, 3.05) is 13.2 Å². The molecule has 1 aromatic carbocycles. The Labute approximate surface area is 146 Å². The second-order valence-corrected chi connectivity index (χ2v) is 7.37. The predicted molar refractivity (Wildman–Crippen MR) is 91.4 cm³/mol. The highest BCUT2D eigenvalue weighted by Crippen LogP contribution is 2.19. The van der Waals surface area contributed by atoms with Gasteiger partial charge in [-0.05, 0) is 32.0 Å². The maximum absolute atomic E-state index is 12.6. The van der Waals surface area contributed by atoms with Crippen LogP contribution in [0.3, 0.4) is 0 Å². The SMILES string of the molecule is Cc1nn(C)cc1C(C)NS(=O)(=O)c1cccc(C(=O)NCCF)c1. The third-order valence-corrected chi connectivity index (χ3v) is 5.17. The van der Waals surface area contributed by atoms with Crippen molar-refractivity contribution in [3.05, 3.63) is 47.3 Å². The lowest BCUT2D eigenvalue weighted by Gasteiger charge is -2.14. The lowest BCUT2D eigenvalue weighted by atomic mass is 10.1. The normalized spacial score (nSPS) is 12.8. The van der Waals surface area contributed by atoms with Gasteiger partial charge in [-0.3, -0.25) is 9.48 Å². The molecule has 0 fully saturated rings. The number of halogens is 1. The van der Waals surface area contributed by atoms with Crippen LogP contribution in [-0.4, -0.2) is 37.3 Å². The van der Waals surface area contributed by atoms with Crippen molar-refractivity contribution < 1.29 is 17.6 Å². The first kappa shape index (κ1) is 19.1. The highest BCUT2D eigenvalue weighted by molar-refractivity contribution is 7.89. The second-order valence-electron chi connectivity index (χ2n) is 5.66. The number of amides is 1. The van der Waals surface area contributed by atoms with E-state index in [0.29, 0.717) is 0 Å². The van der Waals surface area contributed by atoms with Gasteiger partial charge >= 0.3 is 0 Å². The molecule has 2 aromatic rings. The molecule has 2 rings (SSSR count). The Morgan fingerprint density at radius 2 is 2.12 bits per heavy atom. The van der Waals surface area contributed by atoms with Crippen molar-refractivity contribution in [1.82, 2.24) is 19.8 Å². The van der Waals surface area contributed by atoms with Crippen LogP contribution in [0.2, 0.25) is 0 Å². The first-order valence-corrected chi connectivity index (χ1v) is 9.19. The molecule has 0 aliphatic carbocycles. The van der Waals surface area contributed by atoms with Crippen LogP contribution in [0, 0.1) is 6.92 Å². The summed E-state index contributed by atoms with van der Waals surface area (Å²) in [6.45, 7) is 2.72. The minimum absolute atomic E-state index is 0.0335. The van der Waals surface area contributed by atoms with Crippen molar-refractivity contribution in [3.63, 3.8) is 0 Å². The van der Waals surface area contributed by atoms with E-state index < -0.39 is 28.6 Å². The summed E-state index contributed by atoms with van der Waals surface area (Å²) in [5, 5.41) is 6.56. The zero-order chi connectivity index (χ0) is 18.6. The van der Waals surface area contributed by atoms with Gasteiger partial charge in [0.15, 0.2) is 0 Å². The van der Waals surface area contributed by atoms with Crippen LogP contribution in [-0.2, 0) is 17.1 Å². The molecule has 25 heavy (non-hydrogen) atoms. The quantitative estimate of drug-likeness (QED) is 0.774. The highest BCUT2D eigenvalue weighted by Gasteiger charge is 2.21. The van der Waals surface area contributed by atoms with Crippen LogP contribution in [0.5, 0.6) is 0 Å². The van der Waals surface area contributed by atoms with Crippen molar-refractivity contribution in [1.29, 1.82) is 0 Å². The van der Waals surface area contributed by atoms with Gasteiger partial charge in [-0.1, -0.05) is 6.07 Å². The first-order chi connectivity index (χ1) is 11.7. The number of nitrogens with zero attached hydrogens (tertiary/aromatic N) is 2. The van der Waals surface area contributed by atoms with E-state index in [-0.39, 0.29) is 17.0 Å². The molecule has 1 heterocycles. The molecular weight excluding hydrogens is 347 g/mol. The summed E-state index contributed by atoms with van der Waals surface area (Å²) in [5.41, 5.74) is 1.65. The van der Waals surface area contributed by atoms with E-state index >= 15 is 0 Å². The largest absolute Gasteiger partial charge is 0.349 e. The fourth-order valence-electron chi connectivity index (χ4n) is 2.47. The molecule has 1 amide bonds. The monoisotopic (exact) mass is 368 g/mol. The fourth-order valence-corrected chi connectivity index (χ4v) is 3.74. The van der Waals surface area contributed by atoms with E-state index in [1.165, 1.54) is 24.3 Å². The number of nitrogens with one attached hydrogen (secondary N) is 2. The third-order valence-electron chi connectivity index (χ3n) is 3.64. The summed E-state index contributed by atoms with van der Waals surface area (Å²) in [5.74, 6) is -0.522. The zero-order valence-electron chi connectivity index (χ0n) is 14.3. The fraction of sp³-hybridized carbons (Fsp3) is 0.375. The molecule has 0 aliphatic rings. The summed E-state index contributed by atoms with van der Waals surface area (Å²) in [4.78, 5) is 11.8. The molecule has 9 heteroatoms. The average molecular weight is 368 g/mol. The van der Waals surface area contributed by atoms with Gasteiger partial charge in [0.2, 0.25) is 10.0 Å². The molecule has 0 radical (unpaired) electrons. The summed E-state index contributed by atoms with van der Waals surface area (Å²) in [7, 11) is -2.07. The molecule has 7 nitrogen and oxygen atoms in total. The van der Waals surface area contributed by atoms with Gasteiger partial charge in [0.25, 0.3) is 5.91 Å². The lowest BCUT2D eigenvalue weighted by Crippen LogP contribution is -2.28. The standard InChI is InChI=1S/C16H21FN4O3S/c1-11-15(10-21(3)19-11)12(2)20-25(23,24)14-6-4-5-13(9-14)16(22)18-8-7-17/h4-6,9-10,12,20H,7-8H2,1-3H3,(H,18,22). The molecule has 1 unspecified atom stereocenters. The molecule has 0 saturated heterocycles. The van der Waals surface area contributed by atoms with Crippen LogP contribution in [0.25, 0.3) is 0 Å². The first-order valence-electron chi connectivity index (χ1n) is 7.71. The molecule has 2 N–H and O–H groups in total. The van der Waals surface area contributed by atoms with Crippen molar-refractivity contribution in [2.24, 2.45) is 7.05 Å². The Bertz CT molecular complexity index is 864. The Hall–Kier alpha value is -2.26. The molecule has 0 aliphatic heterocycles. The number of sulfonamides is 1. The van der Waals surface area contributed by atoms with E-state index in [2.05, 4.69) is 15.1 Å². The highest BCUT2D eigenvalue weighted by atomic mass is 32.2. The van der Waals surface area contributed by atoms with Gasteiger partial charge < -0.3 is 5.32 Å². The van der Waals surface area contributed by atoms with Crippen LogP contribution >= 0.6 is 0 Å². The van der Waals surface area contributed by atoms with Crippen LogP contribution in [0.4, 0.5) is 4.39 Å². The van der Waals surface area contributed by atoms with E-state index in [4.69, 9.17) is 0 Å². The number of aromatic nitrogens is 2. The van der Waals surface area contributed by atoms with E-state index in [1.54, 1.807) is 31.8 Å². The Morgan fingerprint density at radius 3 is 2.72 bits per heavy atom. The summed E-state index contributed by atoms with van der Waals surface area (Å²) in [6.07, 6.45) is 1.75. The van der Waals surface area contributed by atoms with Gasteiger partial charge in [0.05, 0.1) is 10.6 Å². The number of hydrogen-bond acceptors (Lipinski definition) is 4. The molecule has 1 atom stereocenters. The number of aryl methyl sites for hydroxylation is 2. The van der Waals surface area contributed by atoms with Gasteiger partial charge in [-0.2, -0.15) is 5.10 Å². The molecule has 0 saturated carbocycles. The maximum atomic E-state index is 12.6. The molecule has 136 valence electrons. The number of hydrogen-bond donors (Lipinski definition) is 2. The number of alkyl halides is 1. The number of rotatable bonds is 7. The lowest BCUT2D eigenvalue weighted by molar-refractivity contribution is 0.0950. The van der Waals surface area contributed by atoms with Crippen molar-refractivity contribution in [2.45, 2.75) is 24.8 Å². The van der Waals surface area contributed by atoms with Gasteiger partial charge in [-0.15, -0.1) is 0 Å². The summed E-state index contributed by atoms with van der Waals surface area (Å²) in [6, 6.07) is 5.12. The topological polar surface area (TPSA) is 93.1 Å². The summed E-state index contributed by atoms with van der Waals surface area (Å²) < 4.78 is 41.5. The van der Waals surface area contributed by atoms with Gasteiger partial charge in [-0.25, -0.2) is 17.5 Å². The van der Waals surface area contributed by atoms with Crippen LogP contribution in [0.1, 0.15) is 34.6 Å². The van der Waals surface area contributed by atoms with E-state index in [0.717, 1.165) is 11.3 Å². The van der Waals surface area contributed by atoms with E-state index in [9.17, 15) is 17.6 Å². The zero-order valence-corrected chi connectivity index (χ0v) is 15.1. The van der Waals surface area contributed by atoms with E-state index in [1.807, 2.05) is 0 Å². The molecule has 0 bridgehead atoms. The second kappa shape index (κ2) is 7.75. The summed E-state index contributed by atoms with van der Waals surface area (Å²) >= 11 is 0. The molecule has 0 spiro atoms. The van der Waals surface area contributed by atoms with Crippen molar-refractivity contribution >= 4 is 15.9 Å². The Balaban J connectivity index is 2.22. The minimum Gasteiger partial charge on any atom is -0.349 e. The van der Waals surface area contributed by atoms with Gasteiger partial charge in [0.1, 0.15) is 6.67 Å². The third kappa shape index (κ3) is 4.64. The molecular formula is C16H21FN4O3S. The smallest absolute Gasteiger partial charge is 0.251 e. The van der Waals surface area contributed by atoms with Crippen molar-refractivity contribution in [3.8, 4) is 0 Å². The Kier molecular flexibility index (Phi) is 5.91. The number of carbonyl (C=O) groups is 1. The number of carbonyl (C=O) groups excluding carboxylic acids is 1. The number of benzene rings is 1. The molecule has 1 aromatic heterocycles. The van der Waals surface area contributed by atoms with Gasteiger partial charge in [0, 0.05) is 37.0 Å². The predicted octanol–water partition coefficient (Wildman–Crippen LogP) is 1.47. The van der Waals surface area contributed by atoms with Crippen LogP contribution < -0.4 is 10.0 Å².